The van der Waals surface area contributed by atoms with Crippen LogP contribution in [0.4, 0.5) is 0 Å². The fourth-order valence-electron chi connectivity index (χ4n) is 3.78. The number of benzene rings is 1. The molecule has 30 heavy (non-hydrogen) atoms. The lowest BCUT2D eigenvalue weighted by molar-refractivity contribution is 0.865. The minimum absolute atomic E-state index is 0.700. The number of aryl methyl sites for hydroxylation is 1. The normalized spacial score (nSPS) is 11.7. The largest absolute Gasteiger partial charge is 0.331 e. The number of hydrogen-bond donors (Lipinski definition) is 2. The number of aromatic nitrogens is 7. The number of hydrogen-bond acceptors (Lipinski definition) is 5. The second-order valence-electron chi connectivity index (χ2n) is 7.20. The molecule has 6 rings (SSSR count). The van der Waals surface area contributed by atoms with Crippen molar-refractivity contribution in [3.8, 4) is 33.2 Å². The van der Waals surface area contributed by atoms with Gasteiger partial charge in [0, 0.05) is 34.6 Å². The molecule has 7 nitrogen and oxygen atoms in total. The number of H-pyrrole nitrogens is 2. The number of fused-ring (bicyclic) bond motifs is 2. The van der Waals surface area contributed by atoms with Crippen molar-refractivity contribution in [2.45, 2.75) is 6.92 Å². The van der Waals surface area contributed by atoms with Crippen molar-refractivity contribution in [1.82, 2.24) is 34.7 Å². The van der Waals surface area contributed by atoms with E-state index >= 15 is 0 Å². The molecule has 0 fully saturated rings. The van der Waals surface area contributed by atoms with E-state index in [0.29, 0.717) is 5.82 Å². The van der Waals surface area contributed by atoms with Crippen LogP contribution in [0.2, 0.25) is 0 Å². The van der Waals surface area contributed by atoms with Crippen molar-refractivity contribution in [2.75, 3.05) is 0 Å². The lowest BCUT2D eigenvalue weighted by Gasteiger charge is -2.04. The number of aromatic amines is 2. The summed E-state index contributed by atoms with van der Waals surface area (Å²) in [6.45, 7) is 2.00. The van der Waals surface area contributed by atoms with Crippen LogP contribution in [-0.4, -0.2) is 34.7 Å². The van der Waals surface area contributed by atoms with Gasteiger partial charge in [0.05, 0.1) is 17.4 Å². The van der Waals surface area contributed by atoms with Gasteiger partial charge in [-0.15, -0.1) is 11.3 Å². The summed E-state index contributed by atoms with van der Waals surface area (Å²) in [6.07, 6.45) is 3.71. The third-order valence-corrected chi connectivity index (χ3v) is 6.38. The molecule has 5 aromatic heterocycles. The van der Waals surface area contributed by atoms with Crippen molar-refractivity contribution < 1.29 is 0 Å². The van der Waals surface area contributed by atoms with Crippen LogP contribution in [-0.2, 0) is 7.05 Å². The first kappa shape index (κ1) is 17.1. The number of nitrogens with zero attached hydrogens (tertiary/aromatic N) is 5. The van der Waals surface area contributed by atoms with E-state index in [9.17, 15) is 0 Å². The Balaban J connectivity index is 1.53. The minimum Gasteiger partial charge on any atom is -0.331 e. The van der Waals surface area contributed by atoms with E-state index in [4.69, 9.17) is 4.98 Å². The molecule has 146 valence electrons. The van der Waals surface area contributed by atoms with Gasteiger partial charge in [0.1, 0.15) is 17.0 Å². The Labute approximate surface area is 175 Å². The highest BCUT2D eigenvalue weighted by molar-refractivity contribution is 7.13. The summed E-state index contributed by atoms with van der Waals surface area (Å²) in [4.78, 5) is 18.3. The van der Waals surface area contributed by atoms with Crippen molar-refractivity contribution in [1.29, 1.82) is 0 Å². The van der Waals surface area contributed by atoms with Crippen LogP contribution in [0.5, 0.6) is 0 Å². The maximum atomic E-state index is 4.87. The van der Waals surface area contributed by atoms with Gasteiger partial charge in [-0.25, -0.2) is 15.0 Å². The summed E-state index contributed by atoms with van der Waals surface area (Å²) in [6, 6.07) is 12.4. The molecule has 0 unspecified atom stereocenters. The van der Waals surface area contributed by atoms with Gasteiger partial charge in [0.15, 0.2) is 11.5 Å². The lowest BCUT2D eigenvalue weighted by atomic mass is 10.1. The van der Waals surface area contributed by atoms with E-state index in [2.05, 4.69) is 53.3 Å². The van der Waals surface area contributed by atoms with Crippen LogP contribution in [0, 0.1) is 6.92 Å². The van der Waals surface area contributed by atoms with Gasteiger partial charge in [0.2, 0.25) is 0 Å². The van der Waals surface area contributed by atoms with E-state index in [0.717, 1.165) is 50.4 Å². The third kappa shape index (κ3) is 2.50. The zero-order valence-corrected chi connectivity index (χ0v) is 17.2. The summed E-state index contributed by atoms with van der Waals surface area (Å²) >= 11 is 1.69. The predicted molar refractivity (Wildman–Crippen MR) is 119 cm³/mol. The summed E-state index contributed by atoms with van der Waals surface area (Å²) in [5.41, 5.74) is 6.56. The van der Waals surface area contributed by atoms with Gasteiger partial charge in [-0.3, -0.25) is 5.10 Å². The van der Waals surface area contributed by atoms with E-state index in [1.807, 2.05) is 44.6 Å². The highest BCUT2D eigenvalue weighted by Crippen LogP contribution is 2.33. The van der Waals surface area contributed by atoms with Crippen LogP contribution in [0.1, 0.15) is 5.82 Å². The van der Waals surface area contributed by atoms with E-state index in [-0.39, 0.29) is 0 Å². The van der Waals surface area contributed by atoms with Crippen molar-refractivity contribution in [3.05, 3.63) is 60.0 Å². The van der Waals surface area contributed by atoms with Crippen LogP contribution in [0.25, 0.3) is 55.3 Å². The summed E-state index contributed by atoms with van der Waals surface area (Å²) < 4.78 is 2.08. The van der Waals surface area contributed by atoms with Crippen molar-refractivity contribution in [3.63, 3.8) is 0 Å². The van der Waals surface area contributed by atoms with E-state index in [1.165, 1.54) is 4.88 Å². The smallest absolute Gasteiger partial charge is 0.160 e. The zero-order valence-electron chi connectivity index (χ0n) is 16.3. The van der Waals surface area contributed by atoms with Gasteiger partial charge in [-0.05, 0) is 36.6 Å². The third-order valence-electron chi connectivity index (χ3n) is 5.47. The molecule has 0 radical (unpaired) electrons. The molecule has 2 N–H and O–H groups in total. The fraction of sp³-hybridized carbons (Fsp3) is 0.0909. The number of nitrogens with one attached hydrogen (secondary N) is 2. The van der Waals surface area contributed by atoms with Gasteiger partial charge >= 0.3 is 0 Å². The van der Waals surface area contributed by atoms with Gasteiger partial charge in [-0.2, -0.15) is 5.10 Å². The molecule has 8 heteroatoms. The molecular formula is C22H17N7S. The molecule has 0 spiro atoms. The highest BCUT2D eigenvalue weighted by atomic mass is 32.1. The highest BCUT2D eigenvalue weighted by Gasteiger charge is 2.17. The fourth-order valence-corrected chi connectivity index (χ4v) is 4.53. The molecular weight excluding hydrogens is 394 g/mol. The number of imidazole rings is 2. The van der Waals surface area contributed by atoms with Crippen LogP contribution >= 0.6 is 11.3 Å². The summed E-state index contributed by atoms with van der Waals surface area (Å²) in [5, 5.41) is 10.7. The van der Waals surface area contributed by atoms with Crippen LogP contribution in [0.15, 0.2) is 54.2 Å². The van der Waals surface area contributed by atoms with Crippen molar-refractivity contribution >= 4 is 33.4 Å². The first-order valence-electron chi connectivity index (χ1n) is 9.55. The maximum absolute atomic E-state index is 4.87. The Morgan fingerprint density at radius 1 is 1.10 bits per heavy atom. The first-order chi connectivity index (χ1) is 14.7. The molecule has 0 bridgehead atoms. The zero-order chi connectivity index (χ0) is 20.2. The van der Waals surface area contributed by atoms with Gasteiger partial charge in [-0.1, -0.05) is 12.1 Å². The van der Waals surface area contributed by atoms with Crippen molar-refractivity contribution in [2.24, 2.45) is 7.05 Å². The molecule has 0 aliphatic carbocycles. The predicted octanol–water partition coefficient (Wildman–Crippen LogP) is 4.94. The number of thiophene rings is 1. The summed E-state index contributed by atoms with van der Waals surface area (Å²) in [5.74, 6) is 1.67. The van der Waals surface area contributed by atoms with Gasteiger partial charge < -0.3 is 9.55 Å². The average Bonchev–Trinajstić information content (AvgIpc) is 3.54. The minimum atomic E-state index is 0.700. The quantitative estimate of drug-likeness (QED) is 0.432. The maximum Gasteiger partial charge on any atom is 0.160 e. The van der Waals surface area contributed by atoms with E-state index in [1.54, 1.807) is 11.3 Å². The Morgan fingerprint density at radius 2 is 2.03 bits per heavy atom. The molecule has 0 saturated carbocycles. The second-order valence-corrected chi connectivity index (χ2v) is 8.15. The molecule has 6 aromatic rings. The SMILES string of the molecule is Cc1ncc(-c2ccc3[nH]nc(-c4nc5c(-c6cccs6)ccnc5[nH]4)c3c2)n1C. The Hall–Kier alpha value is -3.78. The van der Waals surface area contributed by atoms with Gasteiger partial charge in [0.25, 0.3) is 0 Å². The summed E-state index contributed by atoms with van der Waals surface area (Å²) in [7, 11) is 2.02. The molecule has 0 atom stereocenters. The Morgan fingerprint density at radius 3 is 2.83 bits per heavy atom. The van der Waals surface area contributed by atoms with Crippen LogP contribution < -0.4 is 0 Å². The standard InChI is InChI=1S/C22H17N7S/c1-12-24-11-17(29(12)2)13-5-6-16-15(10-13)20(28-27-16)22-25-19-14(18-4-3-9-30-18)7-8-23-21(19)26-22/h3-11H,1-2H3,(H,27,28)(H,23,25,26). The topological polar surface area (TPSA) is 88.1 Å². The van der Waals surface area contributed by atoms with Crippen LogP contribution in [0.3, 0.4) is 0 Å². The monoisotopic (exact) mass is 411 g/mol. The molecule has 0 amide bonds. The molecule has 1 aromatic carbocycles. The molecule has 5 heterocycles. The number of rotatable bonds is 3. The molecule has 0 aliphatic rings. The van der Waals surface area contributed by atoms with E-state index < -0.39 is 0 Å². The lowest BCUT2D eigenvalue weighted by Crippen LogP contribution is -1.94. The Bertz CT molecular complexity index is 1520. The number of pyridine rings is 1. The molecule has 0 saturated heterocycles. The first-order valence-corrected chi connectivity index (χ1v) is 10.4. The second kappa shape index (κ2) is 6.36. The Kier molecular flexibility index (Phi) is 3.63. The average molecular weight is 411 g/mol. The molecule has 0 aliphatic heterocycles.